The molecular formula is C10H20O2. The minimum Gasteiger partial charge on any atom is -0.412 e. The normalized spacial score (nSPS) is 8.00. The summed E-state index contributed by atoms with van der Waals surface area (Å²) in [5.41, 5.74) is 1.67. The average molecular weight is 172 g/mol. The molecule has 2 nitrogen and oxygen atoms in total. The summed E-state index contributed by atoms with van der Waals surface area (Å²) in [6, 6.07) is 0. The van der Waals surface area contributed by atoms with Crippen LogP contribution in [0.25, 0.3) is 0 Å². The van der Waals surface area contributed by atoms with Gasteiger partial charge >= 0.3 is 0 Å². The molecule has 0 saturated carbocycles. The van der Waals surface area contributed by atoms with Gasteiger partial charge in [0.1, 0.15) is 0 Å². The van der Waals surface area contributed by atoms with Gasteiger partial charge < -0.3 is 10.6 Å². The molecule has 0 aromatic heterocycles. The molecular weight excluding hydrogens is 152 g/mol. The Labute approximate surface area is 75.2 Å². The first-order valence-electron chi connectivity index (χ1n) is 3.79. The number of aliphatic hydroxyl groups is 1. The van der Waals surface area contributed by atoms with Crippen LogP contribution in [-0.4, -0.2) is 17.2 Å². The van der Waals surface area contributed by atoms with Gasteiger partial charge in [0.05, 0.1) is 6.61 Å². The van der Waals surface area contributed by atoms with Gasteiger partial charge in [-0.2, -0.15) is 0 Å². The minimum atomic E-state index is 0. The van der Waals surface area contributed by atoms with Gasteiger partial charge in [0.15, 0.2) is 0 Å². The van der Waals surface area contributed by atoms with Crippen LogP contribution in [0.5, 0.6) is 0 Å². The van der Waals surface area contributed by atoms with Crippen molar-refractivity contribution in [2.75, 3.05) is 6.61 Å². The lowest BCUT2D eigenvalue weighted by atomic mass is 10.2. The van der Waals surface area contributed by atoms with Crippen molar-refractivity contribution < 1.29 is 10.6 Å². The summed E-state index contributed by atoms with van der Waals surface area (Å²) in [5, 5.41) is 8.47. The lowest BCUT2D eigenvalue weighted by Gasteiger charge is -1.89. The van der Waals surface area contributed by atoms with Crippen LogP contribution in [-0.2, 0) is 0 Å². The van der Waals surface area contributed by atoms with Crippen LogP contribution >= 0.6 is 0 Å². The summed E-state index contributed by atoms with van der Waals surface area (Å²) in [5.74, 6) is 0. The van der Waals surface area contributed by atoms with Crippen molar-refractivity contribution >= 4 is 0 Å². The maximum atomic E-state index is 8.47. The summed E-state index contributed by atoms with van der Waals surface area (Å²) >= 11 is 0. The Morgan fingerprint density at radius 1 is 1.25 bits per heavy atom. The molecule has 0 aliphatic carbocycles. The molecule has 0 atom stereocenters. The predicted molar refractivity (Wildman–Crippen MR) is 55.1 cm³/mol. The minimum absolute atomic E-state index is 0. The largest absolute Gasteiger partial charge is 0.412 e. The van der Waals surface area contributed by atoms with E-state index in [1.165, 1.54) is 0 Å². The lowest BCUT2D eigenvalue weighted by molar-refractivity contribution is 0.335. The highest BCUT2D eigenvalue weighted by molar-refractivity contribution is 5.22. The van der Waals surface area contributed by atoms with E-state index in [0.29, 0.717) is 5.57 Å². The Morgan fingerprint density at radius 3 is 1.92 bits per heavy atom. The van der Waals surface area contributed by atoms with Gasteiger partial charge in [0, 0.05) is 0 Å². The van der Waals surface area contributed by atoms with Crippen LogP contribution in [0.3, 0.4) is 0 Å². The topological polar surface area (TPSA) is 51.7 Å². The molecule has 0 saturated heterocycles. The van der Waals surface area contributed by atoms with E-state index in [1.54, 1.807) is 6.08 Å². The van der Waals surface area contributed by atoms with E-state index >= 15 is 0 Å². The van der Waals surface area contributed by atoms with E-state index in [1.807, 2.05) is 26.8 Å². The molecule has 0 bridgehead atoms. The maximum absolute atomic E-state index is 8.47. The highest BCUT2D eigenvalue weighted by Gasteiger charge is 1.80. The molecule has 12 heavy (non-hydrogen) atoms. The molecule has 0 aliphatic heterocycles. The first kappa shape index (κ1) is 17.3. The predicted octanol–water partition coefficient (Wildman–Crippen LogP) is 1.87. The fraction of sp³-hybridized carbons (Fsp3) is 0.400. The lowest BCUT2D eigenvalue weighted by Crippen LogP contribution is -1.81. The van der Waals surface area contributed by atoms with Crippen molar-refractivity contribution in [2.45, 2.75) is 20.8 Å². The number of aliphatic hydroxyl groups excluding tert-OH is 1. The van der Waals surface area contributed by atoms with E-state index in [9.17, 15) is 0 Å². The highest BCUT2D eigenvalue weighted by Crippen LogP contribution is 1.94. The van der Waals surface area contributed by atoms with Gasteiger partial charge in [-0.3, -0.25) is 0 Å². The van der Waals surface area contributed by atoms with Crippen molar-refractivity contribution in [1.82, 2.24) is 0 Å². The molecule has 0 spiro atoms. The van der Waals surface area contributed by atoms with Gasteiger partial charge in [-0.15, -0.1) is 0 Å². The van der Waals surface area contributed by atoms with E-state index in [0.717, 1.165) is 5.57 Å². The summed E-state index contributed by atoms with van der Waals surface area (Å²) < 4.78 is 0. The summed E-state index contributed by atoms with van der Waals surface area (Å²) in [7, 11) is 0. The third-order valence-corrected chi connectivity index (χ3v) is 0.807. The SMILES string of the molecule is C=C(C)/C=C\C(=C)CO.CC.O. The van der Waals surface area contributed by atoms with Crippen molar-refractivity contribution in [2.24, 2.45) is 0 Å². The summed E-state index contributed by atoms with van der Waals surface area (Å²) in [6.45, 7) is 13.1. The molecule has 0 heterocycles. The third-order valence-electron chi connectivity index (χ3n) is 0.807. The number of allylic oxidation sites excluding steroid dienone is 2. The van der Waals surface area contributed by atoms with Crippen molar-refractivity contribution in [3.8, 4) is 0 Å². The molecule has 0 unspecified atom stereocenters. The van der Waals surface area contributed by atoms with Gasteiger partial charge in [0.2, 0.25) is 0 Å². The van der Waals surface area contributed by atoms with Crippen LogP contribution in [0.15, 0.2) is 36.5 Å². The van der Waals surface area contributed by atoms with Crippen molar-refractivity contribution in [1.29, 1.82) is 0 Å². The van der Waals surface area contributed by atoms with Crippen LogP contribution < -0.4 is 0 Å². The molecule has 72 valence electrons. The first-order valence-corrected chi connectivity index (χ1v) is 3.79. The Kier molecular flexibility index (Phi) is 18.4. The molecule has 2 heteroatoms. The zero-order chi connectivity index (χ0) is 9.28. The fourth-order valence-corrected chi connectivity index (χ4v) is 0.313. The highest BCUT2D eigenvalue weighted by atomic mass is 16.3. The Morgan fingerprint density at radius 2 is 1.67 bits per heavy atom. The van der Waals surface area contributed by atoms with Crippen molar-refractivity contribution in [3.05, 3.63) is 36.5 Å². The smallest absolute Gasteiger partial charge is 0.0676 e. The molecule has 0 aromatic rings. The Balaban J connectivity index is -0.000000249. The van der Waals surface area contributed by atoms with Crippen molar-refractivity contribution in [3.63, 3.8) is 0 Å². The third kappa shape index (κ3) is 16.1. The molecule has 0 aliphatic rings. The monoisotopic (exact) mass is 172 g/mol. The van der Waals surface area contributed by atoms with Crippen LogP contribution in [0.1, 0.15) is 20.8 Å². The molecule has 0 aromatic carbocycles. The number of hydrogen-bond donors (Lipinski definition) is 1. The average Bonchev–Trinajstić information content (AvgIpc) is 2.04. The van der Waals surface area contributed by atoms with Gasteiger partial charge in [-0.05, 0) is 12.5 Å². The standard InChI is InChI=1S/C8H12O.C2H6.H2O/c1-7(2)4-5-8(3)6-9;1-2;/h4-5,9H,1,3,6H2,2H3;1-2H3;1H2/b5-4-;;. The van der Waals surface area contributed by atoms with Crippen LogP contribution in [0, 0.1) is 0 Å². The molecule has 0 radical (unpaired) electrons. The molecule has 0 fully saturated rings. The first-order chi connectivity index (χ1) is 5.16. The number of rotatable bonds is 3. The summed E-state index contributed by atoms with van der Waals surface area (Å²) in [6.07, 6.45) is 3.57. The van der Waals surface area contributed by atoms with Crippen LogP contribution in [0.2, 0.25) is 0 Å². The van der Waals surface area contributed by atoms with E-state index in [-0.39, 0.29) is 12.1 Å². The van der Waals surface area contributed by atoms with E-state index < -0.39 is 0 Å². The zero-order valence-corrected chi connectivity index (χ0v) is 8.22. The second kappa shape index (κ2) is 12.8. The number of hydrogen-bond acceptors (Lipinski definition) is 1. The summed E-state index contributed by atoms with van der Waals surface area (Å²) in [4.78, 5) is 0. The molecule has 3 N–H and O–H groups in total. The van der Waals surface area contributed by atoms with Gasteiger partial charge in [-0.25, -0.2) is 0 Å². The Bertz CT molecular complexity index is 146. The zero-order valence-electron chi connectivity index (χ0n) is 8.22. The second-order valence-corrected chi connectivity index (χ2v) is 2.00. The molecule has 0 amide bonds. The molecule has 0 rings (SSSR count). The maximum Gasteiger partial charge on any atom is 0.0676 e. The van der Waals surface area contributed by atoms with E-state index in [4.69, 9.17) is 5.11 Å². The second-order valence-electron chi connectivity index (χ2n) is 2.00. The quantitative estimate of drug-likeness (QED) is 0.649. The fourth-order valence-electron chi connectivity index (χ4n) is 0.313. The van der Waals surface area contributed by atoms with Gasteiger partial charge in [0.25, 0.3) is 0 Å². The van der Waals surface area contributed by atoms with E-state index in [2.05, 4.69) is 13.2 Å². The Hall–Kier alpha value is -0.860. The van der Waals surface area contributed by atoms with Crippen LogP contribution in [0.4, 0.5) is 0 Å². The van der Waals surface area contributed by atoms with Gasteiger partial charge in [-0.1, -0.05) is 44.7 Å².